The molecule has 0 heterocycles. The summed E-state index contributed by atoms with van der Waals surface area (Å²) in [4.78, 5) is 0. The number of benzene rings is 1. The molecule has 0 amide bonds. The van der Waals surface area contributed by atoms with Crippen molar-refractivity contribution in [3.05, 3.63) is 29.3 Å². The lowest BCUT2D eigenvalue weighted by atomic mass is 9.68. The lowest BCUT2D eigenvalue weighted by molar-refractivity contribution is -0.0525. The minimum atomic E-state index is -3.16. The maximum atomic E-state index is 14.2. The molecule has 31 heavy (non-hydrogen) atoms. The zero-order valence-electron chi connectivity index (χ0n) is 18.9. The Morgan fingerprint density at radius 3 is 1.94 bits per heavy atom. The molecule has 2 fully saturated rings. The van der Waals surface area contributed by atoms with Crippen LogP contribution < -0.4 is 4.74 Å². The normalized spacial score (nSPS) is 26.9. The van der Waals surface area contributed by atoms with Crippen LogP contribution in [0.2, 0.25) is 0 Å². The van der Waals surface area contributed by atoms with Crippen molar-refractivity contribution in [2.24, 2.45) is 23.7 Å². The molecule has 0 aromatic heterocycles. The second-order valence-corrected chi connectivity index (χ2v) is 9.83. The predicted molar refractivity (Wildman–Crippen MR) is 116 cm³/mol. The van der Waals surface area contributed by atoms with Gasteiger partial charge in [-0.05, 0) is 73.8 Å². The monoisotopic (exact) mass is 442 g/mol. The summed E-state index contributed by atoms with van der Waals surface area (Å²) >= 11 is 0. The summed E-state index contributed by atoms with van der Waals surface area (Å²) in [5, 5.41) is 0. The molecular weight excluding hydrogens is 404 g/mol. The lowest BCUT2D eigenvalue weighted by Crippen LogP contribution is -2.26. The van der Waals surface area contributed by atoms with Crippen LogP contribution in [-0.4, -0.2) is 6.61 Å². The van der Waals surface area contributed by atoms with Gasteiger partial charge in [-0.1, -0.05) is 64.4 Å². The molecule has 0 radical (unpaired) electrons. The van der Waals surface area contributed by atoms with E-state index in [9.17, 15) is 17.6 Å². The molecule has 0 aliphatic heterocycles. The number of unbranched alkanes of at least 4 members (excludes halogenated alkanes) is 2. The summed E-state index contributed by atoms with van der Waals surface area (Å²) < 4.78 is 56.7. The van der Waals surface area contributed by atoms with Crippen molar-refractivity contribution in [3.63, 3.8) is 0 Å². The van der Waals surface area contributed by atoms with Gasteiger partial charge in [0.05, 0.1) is 0 Å². The zero-order valence-corrected chi connectivity index (χ0v) is 18.9. The van der Waals surface area contributed by atoms with Gasteiger partial charge in [-0.15, -0.1) is 0 Å². The first kappa shape index (κ1) is 24.4. The first-order chi connectivity index (χ1) is 15.0. The number of hydrogen-bond acceptors (Lipinski definition) is 1. The average molecular weight is 443 g/mol. The topological polar surface area (TPSA) is 9.23 Å². The Labute approximate surface area is 184 Å². The van der Waals surface area contributed by atoms with E-state index in [1.807, 2.05) is 0 Å². The van der Waals surface area contributed by atoms with Crippen LogP contribution in [0.15, 0.2) is 12.1 Å². The van der Waals surface area contributed by atoms with Gasteiger partial charge in [0.15, 0.2) is 11.6 Å². The zero-order chi connectivity index (χ0) is 22.2. The molecule has 5 heteroatoms. The number of aryl methyl sites for hydroxylation is 1. The van der Waals surface area contributed by atoms with E-state index in [0.29, 0.717) is 12.3 Å². The molecule has 0 unspecified atom stereocenters. The van der Waals surface area contributed by atoms with Gasteiger partial charge >= 0.3 is 6.61 Å². The van der Waals surface area contributed by atoms with Crippen molar-refractivity contribution >= 4 is 0 Å². The molecule has 0 saturated heterocycles. The molecule has 1 aromatic rings. The molecule has 2 aliphatic carbocycles. The van der Waals surface area contributed by atoms with E-state index in [4.69, 9.17) is 0 Å². The van der Waals surface area contributed by atoms with Crippen molar-refractivity contribution in [1.82, 2.24) is 0 Å². The van der Waals surface area contributed by atoms with E-state index in [1.54, 1.807) is 0 Å². The molecule has 176 valence electrons. The summed E-state index contributed by atoms with van der Waals surface area (Å²) in [6.45, 7) is -0.894. The molecule has 1 aromatic carbocycles. The highest BCUT2D eigenvalue weighted by Gasteiger charge is 2.30. The van der Waals surface area contributed by atoms with Gasteiger partial charge in [0.1, 0.15) is 0 Å². The van der Waals surface area contributed by atoms with E-state index in [1.165, 1.54) is 70.3 Å². The Bertz CT molecular complexity index is 662. The molecule has 1 nitrogen and oxygen atoms in total. The molecule has 2 saturated carbocycles. The Kier molecular flexibility index (Phi) is 9.52. The molecule has 2 aliphatic rings. The van der Waals surface area contributed by atoms with Gasteiger partial charge in [-0.25, -0.2) is 4.39 Å². The van der Waals surface area contributed by atoms with Crippen LogP contribution in [0, 0.1) is 35.3 Å². The number of rotatable bonds is 10. The molecule has 0 bridgehead atoms. The highest BCUT2D eigenvalue weighted by atomic mass is 19.3. The fourth-order valence-electron chi connectivity index (χ4n) is 5.89. The van der Waals surface area contributed by atoms with E-state index in [-0.39, 0.29) is 5.56 Å². The highest BCUT2D eigenvalue weighted by Crippen LogP contribution is 2.43. The Morgan fingerprint density at radius 1 is 0.806 bits per heavy atom. The Morgan fingerprint density at radius 2 is 1.39 bits per heavy atom. The van der Waals surface area contributed by atoms with Crippen LogP contribution in [0.4, 0.5) is 17.6 Å². The molecule has 0 spiro atoms. The number of ether oxygens (including phenoxy) is 1. The minimum absolute atomic E-state index is 0.252. The van der Waals surface area contributed by atoms with Crippen LogP contribution in [0.25, 0.3) is 0 Å². The van der Waals surface area contributed by atoms with Crippen molar-refractivity contribution in [2.75, 3.05) is 0 Å². The van der Waals surface area contributed by atoms with Gasteiger partial charge in [0.25, 0.3) is 0 Å². The first-order valence-corrected chi connectivity index (χ1v) is 12.4. The largest absolute Gasteiger partial charge is 0.432 e. The summed E-state index contributed by atoms with van der Waals surface area (Å²) in [7, 11) is 0. The number of alkyl halides is 2. The van der Waals surface area contributed by atoms with Crippen molar-refractivity contribution in [1.29, 1.82) is 0 Å². The summed E-state index contributed by atoms with van der Waals surface area (Å²) in [6.07, 6.45) is 17.2. The van der Waals surface area contributed by atoms with E-state index >= 15 is 0 Å². The summed E-state index contributed by atoms with van der Waals surface area (Å²) in [5.74, 6) is 0.129. The smallest absolute Gasteiger partial charge is 0.387 e. The third-order valence-electron chi connectivity index (χ3n) is 7.83. The van der Waals surface area contributed by atoms with Gasteiger partial charge in [0, 0.05) is 0 Å². The minimum Gasteiger partial charge on any atom is -0.432 e. The van der Waals surface area contributed by atoms with Gasteiger partial charge in [0.2, 0.25) is 5.82 Å². The molecule has 0 N–H and O–H groups in total. The van der Waals surface area contributed by atoms with Crippen LogP contribution in [0.3, 0.4) is 0 Å². The fraction of sp³-hybridized carbons (Fsp3) is 0.769. The number of halogens is 4. The maximum absolute atomic E-state index is 14.2. The Balaban J connectivity index is 1.39. The molecular formula is C26H38F4O. The van der Waals surface area contributed by atoms with E-state index in [2.05, 4.69) is 11.7 Å². The first-order valence-electron chi connectivity index (χ1n) is 12.4. The number of hydrogen-bond donors (Lipinski definition) is 0. The van der Waals surface area contributed by atoms with Crippen molar-refractivity contribution in [3.8, 4) is 5.75 Å². The molecule has 0 atom stereocenters. The SMILES string of the molecule is CCCCCC1CCC(C2CCC(CCc3ccc(OC(F)F)c(F)c3F)CC2)CC1. The highest BCUT2D eigenvalue weighted by molar-refractivity contribution is 5.31. The van der Waals surface area contributed by atoms with Gasteiger partial charge in [-0.2, -0.15) is 13.2 Å². The second-order valence-electron chi connectivity index (χ2n) is 9.83. The van der Waals surface area contributed by atoms with Crippen LogP contribution in [-0.2, 0) is 6.42 Å². The average Bonchev–Trinajstić information content (AvgIpc) is 2.77. The lowest BCUT2D eigenvalue weighted by Gasteiger charge is -2.38. The summed E-state index contributed by atoms with van der Waals surface area (Å²) in [6, 6.07) is 2.48. The Hall–Kier alpha value is -1.26. The summed E-state index contributed by atoms with van der Waals surface area (Å²) in [5.41, 5.74) is 0.252. The van der Waals surface area contributed by atoms with Crippen LogP contribution >= 0.6 is 0 Å². The van der Waals surface area contributed by atoms with Crippen LogP contribution in [0.1, 0.15) is 96.0 Å². The fourth-order valence-corrected chi connectivity index (χ4v) is 5.89. The quantitative estimate of drug-likeness (QED) is 0.260. The van der Waals surface area contributed by atoms with Crippen LogP contribution in [0.5, 0.6) is 5.75 Å². The third kappa shape index (κ3) is 7.12. The molecule has 3 rings (SSSR count). The van der Waals surface area contributed by atoms with E-state index in [0.717, 1.165) is 43.1 Å². The van der Waals surface area contributed by atoms with E-state index < -0.39 is 24.0 Å². The standard InChI is InChI=1S/C26H38F4O/c1-2-3-4-5-18-6-11-20(12-7-18)21-13-8-19(9-14-21)10-15-22-16-17-23(31-26(29)30)25(28)24(22)27/h16-21,26H,2-15H2,1H3. The van der Waals surface area contributed by atoms with Crippen molar-refractivity contribution < 1.29 is 22.3 Å². The van der Waals surface area contributed by atoms with Crippen molar-refractivity contribution in [2.45, 2.75) is 103 Å². The third-order valence-corrected chi connectivity index (χ3v) is 7.83. The van der Waals surface area contributed by atoms with Gasteiger partial charge in [-0.3, -0.25) is 0 Å². The van der Waals surface area contributed by atoms with Gasteiger partial charge < -0.3 is 4.74 Å². The second kappa shape index (κ2) is 12.1. The predicted octanol–water partition coefficient (Wildman–Crippen LogP) is 8.69. The maximum Gasteiger partial charge on any atom is 0.387 e.